The molecular formula is C13H20N6O. The van der Waals surface area contributed by atoms with Gasteiger partial charge in [0.1, 0.15) is 5.82 Å². The van der Waals surface area contributed by atoms with Crippen molar-refractivity contribution in [2.45, 2.75) is 39.8 Å². The van der Waals surface area contributed by atoms with Crippen molar-refractivity contribution < 1.29 is 4.74 Å². The first-order valence-electron chi connectivity index (χ1n) is 6.59. The van der Waals surface area contributed by atoms with Crippen LogP contribution in [0.4, 0.5) is 11.8 Å². The van der Waals surface area contributed by atoms with Crippen molar-refractivity contribution >= 4 is 11.8 Å². The Labute approximate surface area is 118 Å². The lowest BCUT2D eigenvalue weighted by Crippen LogP contribution is -2.08. The summed E-state index contributed by atoms with van der Waals surface area (Å²) in [4.78, 5) is 7.94. The molecule has 0 spiro atoms. The quantitative estimate of drug-likeness (QED) is 0.851. The summed E-state index contributed by atoms with van der Waals surface area (Å²) >= 11 is 0. The van der Waals surface area contributed by atoms with Gasteiger partial charge in [0, 0.05) is 36.5 Å². The standard InChI is InChI=1S/C13H20N6O/c1-4-19-10(6-11(18-19)20-8(2)3)5-9-7-16-13(15)17-12(9)14/h6-8H,4-5H2,1-3H3,(H4,14,15,16,17). The van der Waals surface area contributed by atoms with E-state index in [9.17, 15) is 0 Å². The highest BCUT2D eigenvalue weighted by atomic mass is 16.5. The highest BCUT2D eigenvalue weighted by molar-refractivity contribution is 5.43. The summed E-state index contributed by atoms with van der Waals surface area (Å²) in [5.41, 5.74) is 13.2. The van der Waals surface area contributed by atoms with Crippen LogP contribution in [0.1, 0.15) is 32.0 Å². The number of nitrogens with two attached hydrogens (primary N) is 2. The number of nitrogen functional groups attached to an aromatic ring is 2. The van der Waals surface area contributed by atoms with Crippen molar-refractivity contribution in [2.75, 3.05) is 11.5 Å². The van der Waals surface area contributed by atoms with Crippen LogP contribution in [-0.2, 0) is 13.0 Å². The number of aryl methyl sites for hydroxylation is 1. The normalized spacial score (nSPS) is 11.0. The van der Waals surface area contributed by atoms with E-state index in [1.165, 1.54) is 0 Å². The van der Waals surface area contributed by atoms with E-state index in [0.717, 1.165) is 17.8 Å². The Hall–Kier alpha value is -2.31. The zero-order valence-corrected chi connectivity index (χ0v) is 12.0. The second kappa shape index (κ2) is 5.77. The minimum absolute atomic E-state index is 0.0907. The molecule has 108 valence electrons. The van der Waals surface area contributed by atoms with E-state index in [0.29, 0.717) is 18.1 Å². The maximum Gasteiger partial charge on any atom is 0.233 e. The molecule has 0 aliphatic heterocycles. The first-order valence-corrected chi connectivity index (χ1v) is 6.59. The molecular weight excluding hydrogens is 256 g/mol. The van der Waals surface area contributed by atoms with Crippen molar-refractivity contribution in [3.8, 4) is 5.88 Å². The summed E-state index contributed by atoms with van der Waals surface area (Å²) in [6.45, 7) is 6.72. The fourth-order valence-corrected chi connectivity index (χ4v) is 1.91. The van der Waals surface area contributed by atoms with Crippen LogP contribution in [0.2, 0.25) is 0 Å². The van der Waals surface area contributed by atoms with Crippen molar-refractivity contribution in [1.82, 2.24) is 19.7 Å². The van der Waals surface area contributed by atoms with Gasteiger partial charge in [0.05, 0.1) is 6.10 Å². The van der Waals surface area contributed by atoms with Gasteiger partial charge >= 0.3 is 0 Å². The molecule has 0 saturated heterocycles. The van der Waals surface area contributed by atoms with Crippen LogP contribution in [-0.4, -0.2) is 25.9 Å². The molecule has 0 aliphatic carbocycles. The van der Waals surface area contributed by atoms with E-state index in [1.54, 1.807) is 6.20 Å². The number of ether oxygens (including phenoxy) is 1. The third kappa shape index (κ3) is 3.17. The van der Waals surface area contributed by atoms with Crippen molar-refractivity contribution in [3.63, 3.8) is 0 Å². The topological polar surface area (TPSA) is 105 Å². The second-order valence-corrected chi connectivity index (χ2v) is 4.77. The molecule has 20 heavy (non-hydrogen) atoms. The van der Waals surface area contributed by atoms with Gasteiger partial charge in [-0.25, -0.2) is 4.98 Å². The van der Waals surface area contributed by atoms with Crippen LogP contribution in [0.25, 0.3) is 0 Å². The Morgan fingerprint density at radius 2 is 2.10 bits per heavy atom. The summed E-state index contributed by atoms with van der Waals surface area (Å²) in [5.74, 6) is 1.19. The fourth-order valence-electron chi connectivity index (χ4n) is 1.91. The van der Waals surface area contributed by atoms with Gasteiger partial charge in [-0.15, -0.1) is 5.10 Å². The van der Waals surface area contributed by atoms with E-state index < -0.39 is 0 Å². The van der Waals surface area contributed by atoms with Gasteiger partial charge in [-0.1, -0.05) is 0 Å². The van der Waals surface area contributed by atoms with E-state index in [2.05, 4.69) is 15.1 Å². The minimum atomic E-state index is 0.0907. The molecule has 0 atom stereocenters. The highest BCUT2D eigenvalue weighted by Gasteiger charge is 2.12. The first kappa shape index (κ1) is 14.1. The zero-order chi connectivity index (χ0) is 14.7. The van der Waals surface area contributed by atoms with Crippen LogP contribution < -0.4 is 16.2 Å². The average molecular weight is 276 g/mol. The maximum atomic E-state index is 5.86. The Kier molecular flexibility index (Phi) is 4.07. The molecule has 2 aromatic rings. The number of hydrogen-bond donors (Lipinski definition) is 2. The summed E-state index contributed by atoms with van der Waals surface area (Å²) in [7, 11) is 0. The van der Waals surface area contributed by atoms with Crippen molar-refractivity contribution in [3.05, 3.63) is 23.5 Å². The maximum absolute atomic E-state index is 5.86. The lowest BCUT2D eigenvalue weighted by atomic mass is 10.1. The van der Waals surface area contributed by atoms with Gasteiger partial charge in [-0.2, -0.15) is 4.98 Å². The SMILES string of the molecule is CCn1nc(OC(C)C)cc1Cc1cnc(N)nc1N. The molecule has 7 heteroatoms. The largest absolute Gasteiger partial charge is 0.474 e. The average Bonchev–Trinajstić information content (AvgIpc) is 2.74. The van der Waals surface area contributed by atoms with Crippen LogP contribution >= 0.6 is 0 Å². The Balaban J connectivity index is 2.25. The third-order valence-electron chi connectivity index (χ3n) is 2.79. The molecule has 4 N–H and O–H groups in total. The van der Waals surface area contributed by atoms with Gasteiger partial charge < -0.3 is 16.2 Å². The Morgan fingerprint density at radius 1 is 1.35 bits per heavy atom. The van der Waals surface area contributed by atoms with E-state index in [1.807, 2.05) is 31.5 Å². The molecule has 0 amide bonds. The Morgan fingerprint density at radius 3 is 2.70 bits per heavy atom. The van der Waals surface area contributed by atoms with Crippen molar-refractivity contribution in [2.24, 2.45) is 0 Å². The third-order valence-corrected chi connectivity index (χ3v) is 2.79. The summed E-state index contributed by atoms with van der Waals surface area (Å²) in [6.07, 6.45) is 2.33. The van der Waals surface area contributed by atoms with Crippen LogP contribution in [0.5, 0.6) is 5.88 Å². The van der Waals surface area contributed by atoms with E-state index >= 15 is 0 Å². The number of aromatic nitrogens is 4. The molecule has 0 aliphatic rings. The highest BCUT2D eigenvalue weighted by Crippen LogP contribution is 2.19. The summed E-state index contributed by atoms with van der Waals surface area (Å²) < 4.78 is 7.49. The van der Waals surface area contributed by atoms with Crippen LogP contribution in [0, 0.1) is 0 Å². The number of hydrogen-bond acceptors (Lipinski definition) is 6. The van der Waals surface area contributed by atoms with Gasteiger partial charge in [0.25, 0.3) is 0 Å². The van der Waals surface area contributed by atoms with Crippen LogP contribution in [0.15, 0.2) is 12.3 Å². The number of rotatable bonds is 5. The lowest BCUT2D eigenvalue weighted by Gasteiger charge is -2.06. The van der Waals surface area contributed by atoms with E-state index in [4.69, 9.17) is 16.2 Å². The molecule has 0 bridgehead atoms. The van der Waals surface area contributed by atoms with Gasteiger partial charge in [0.2, 0.25) is 11.8 Å². The molecule has 7 nitrogen and oxygen atoms in total. The number of anilines is 2. The van der Waals surface area contributed by atoms with Gasteiger partial charge in [-0.05, 0) is 20.8 Å². The second-order valence-electron chi connectivity index (χ2n) is 4.77. The first-order chi connectivity index (χ1) is 9.49. The molecule has 0 aromatic carbocycles. The Bertz CT molecular complexity index is 593. The van der Waals surface area contributed by atoms with Crippen molar-refractivity contribution in [1.29, 1.82) is 0 Å². The predicted molar refractivity (Wildman–Crippen MR) is 77.3 cm³/mol. The lowest BCUT2D eigenvalue weighted by molar-refractivity contribution is 0.230. The smallest absolute Gasteiger partial charge is 0.233 e. The predicted octanol–water partition coefficient (Wildman–Crippen LogP) is 1.24. The molecule has 0 radical (unpaired) electrons. The molecule has 2 rings (SSSR count). The fraction of sp³-hybridized carbons (Fsp3) is 0.462. The molecule has 0 fully saturated rings. The summed E-state index contributed by atoms with van der Waals surface area (Å²) in [6, 6.07) is 1.92. The number of nitrogens with zero attached hydrogens (tertiary/aromatic N) is 4. The monoisotopic (exact) mass is 276 g/mol. The molecule has 2 aromatic heterocycles. The molecule has 0 saturated carbocycles. The molecule has 2 heterocycles. The zero-order valence-electron chi connectivity index (χ0n) is 12.0. The minimum Gasteiger partial charge on any atom is -0.474 e. The van der Waals surface area contributed by atoms with Crippen LogP contribution in [0.3, 0.4) is 0 Å². The van der Waals surface area contributed by atoms with Gasteiger partial charge in [0.15, 0.2) is 0 Å². The molecule has 0 unspecified atom stereocenters. The van der Waals surface area contributed by atoms with E-state index in [-0.39, 0.29) is 12.1 Å². The van der Waals surface area contributed by atoms with Gasteiger partial charge in [-0.3, -0.25) is 4.68 Å². The summed E-state index contributed by atoms with van der Waals surface area (Å²) in [5, 5.41) is 4.40.